The van der Waals surface area contributed by atoms with Gasteiger partial charge in [-0.3, -0.25) is 4.79 Å². The number of carbonyl (C=O) groups is 2. The van der Waals surface area contributed by atoms with Gasteiger partial charge in [0.1, 0.15) is 11.6 Å². The lowest BCUT2D eigenvalue weighted by Crippen LogP contribution is -2.37. The summed E-state index contributed by atoms with van der Waals surface area (Å²) in [6.07, 6.45) is -3.96. The number of carboxylic acid groups (broad SMARTS) is 1. The van der Waals surface area contributed by atoms with Gasteiger partial charge in [0.2, 0.25) is 11.7 Å². The van der Waals surface area contributed by atoms with E-state index in [1.807, 2.05) is 5.32 Å². The molecule has 0 saturated heterocycles. The number of fused-ring (bicyclic) bond motifs is 1. The van der Waals surface area contributed by atoms with Crippen molar-refractivity contribution < 1.29 is 41.5 Å². The topological polar surface area (TPSA) is 127 Å². The van der Waals surface area contributed by atoms with Crippen molar-refractivity contribution >= 4 is 23.6 Å². The minimum Gasteiger partial charge on any atom is -0.493 e. The highest BCUT2D eigenvalue weighted by Gasteiger charge is 2.41. The molecular weight excluding hydrogens is 536 g/mol. The molecule has 1 aliphatic carbocycles. The van der Waals surface area contributed by atoms with Crippen LogP contribution in [0.4, 0.5) is 22.4 Å². The number of hydrogen-bond acceptors (Lipinski definition) is 6. The smallest absolute Gasteiger partial charge is 0.471 e. The molecule has 5 rings (SSSR count). The number of aromatic nitrogens is 2. The van der Waals surface area contributed by atoms with Gasteiger partial charge in [-0.05, 0) is 42.2 Å². The highest BCUT2D eigenvalue weighted by atomic mass is 35.5. The lowest BCUT2D eigenvalue weighted by molar-refractivity contribution is -0.173. The van der Waals surface area contributed by atoms with Crippen LogP contribution in [0.15, 0.2) is 34.9 Å². The summed E-state index contributed by atoms with van der Waals surface area (Å²) in [6.45, 7) is 1.98. The van der Waals surface area contributed by atoms with E-state index in [0.29, 0.717) is 48.6 Å². The Hall–Kier alpha value is -3.87. The van der Waals surface area contributed by atoms with Crippen LogP contribution in [0.1, 0.15) is 36.8 Å². The van der Waals surface area contributed by atoms with E-state index in [0.717, 1.165) is 5.56 Å². The minimum absolute atomic E-state index is 0.116. The Kier molecular flexibility index (Phi) is 7.76. The molecule has 0 radical (unpaired) electrons. The number of benzene rings is 2. The molecule has 1 fully saturated rings. The van der Waals surface area contributed by atoms with Gasteiger partial charge in [0, 0.05) is 30.0 Å². The van der Waals surface area contributed by atoms with Gasteiger partial charge in [-0.1, -0.05) is 28.9 Å². The molecule has 3 aromatic rings. The molecule has 1 aromatic heterocycles. The molecule has 9 nitrogen and oxygen atoms in total. The van der Waals surface area contributed by atoms with E-state index in [4.69, 9.17) is 26.0 Å². The standard InChI is InChI=1S/C19H15ClFN3O4.C5H6F3NO/c1-9-22-18(24-28-9)17-13(7-11(20)8-14(17)21)10-2-3-12-15(23-19(25)26)4-5-27-16(12)6-10;6-5(7,8)4(10)9-3-1-2-3/h2-3,6-8,15,23H,4-5H2,1H3,(H,25,26);3H,1-2H2,(H,9,10). The van der Waals surface area contributed by atoms with Crippen LogP contribution in [0.3, 0.4) is 0 Å². The average Bonchev–Trinajstić information content (AvgIpc) is 3.55. The maximum absolute atomic E-state index is 14.7. The zero-order valence-electron chi connectivity index (χ0n) is 19.7. The highest BCUT2D eigenvalue weighted by molar-refractivity contribution is 6.31. The van der Waals surface area contributed by atoms with Crippen molar-refractivity contribution in [3.63, 3.8) is 0 Å². The van der Waals surface area contributed by atoms with Crippen molar-refractivity contribution in [3.8, 4) is 28.3 Å². The van der Waals surface area contributed by atoms with Crippen LogP contribution in [0.25, 0.3) is 22.5 Å². The Morgan fingerprint density at radius 1 is 1.13 bits per heavy atom. The predicted molar refractivity (Wildman–Crippen MR) is 126 cm³/mol. The van der Waals surface area contributed by atoms with E-state index in [2.05, 4.69) is 15.5 Å². The molecule has 1 unspecified atom stereocenters. The zero-order chi connectivity index (χ0) is 27.6. The van der Waals surface area contributed by atoms with E-state index >= 15 is 0 Å². The third kappa shape index (κ3) is 6.52. The van der Waals surface area contributed by atoms with Crippen molar-refractivity contribution in [2.45, 2.75) is 44.4 Å². The molecule has 1 saturated carbocycles. The van der Waals surface area contributed by atoms with Gasteiger partial charge in [-0.25, -0.2) is 9.18 Å². The number of alkyl halides is 3. The maximum atomic E-state index is 14.7. The van der Waals surface area contributed by atoms with Crippen molar-refractivity contribution in [2.75, 3.05) is 6.61 Å². The number of nitrogens with zero attached hydrogens (tertiary/aromatic N) is 2. The second-order valence-electron chi connectivity index (χ2n) is 8.58. The van der Waals surface area contributed by atoms with Crippen molar-refractivity contribution in [3.05, 3.63) is 52.6 Å². The van der Waals surface area contributed by atoms with Gasteiger partial charge < -0.3 is 25.0 Å². The molecule has 2 heterocycles. The Bertz CT molecular complexity index is 1360. The second-order valence-corrected chi connectivity index (χ2v) is 9.02. The van der Waals surface area contributed by atoms with E-state index in [9.17, 15) is 27.2 Å². The number of carbonyl (C=O) groups excluding carboxylic acids is 1. The fourth-order valence-corrected chi connectivity index (χ4v) is 3.99. The van der Waals surface area contributed by atoms with Gasteiger partial charge in [0.15, 0.2) is 0 Å². The van der Waals surface area contributed by atoms with Crippen LogP contribution >= 0.6 is 11.6 Å². The Labute approximate surface area is 218 Å². The highest BCUT2D eigenvalue weighted by Crippen LogP contribution is 2.40. The summed E-state index contributed by atoms with van der Waals surface area (Å²) in [7, 11) is 0. The predicted octanol–water partition coefficient (Wildman–Crippen LogP) is 5.42. The molecule has 202 valence electrons. The number of rotatable bonds is 4. The zero-order valence-corrected chi connectivity index (χ0v) is 20.5. The number of halogens is 5. The molecule has 2 amide bonds. The molecule has 14 heteroatoms. The summed E-state index contributed by atoms with van der Waals surface area (Å²) in [5, 5.41) is 17.4. The van der Waals surface area contributed by atoms with Crippen molar-refractivity contribution in [1.82, 2.24) is 20.8 Å². The first-order valence-corrected chi connectivity index (χ1v) is 11.7. The van der Waals surface area contributed by atoms with Gasteiger partial charge in [-0.15, -0.1) is 0 Å². The Morgan fingerprint density at radius 2 is 1.87 bits per heavy atom. The van der Waals surface area contributed by atoms with Crippen LogP contribution in [-0.4, -0.2) is 46.1 Å². The normalized spacial score (nSPS) is 16.4. The molecule has 0 bridgehead atoms. The van der Waals surface area contributed by atoms with Crippen molar-refractivity contribution in [1.29, 1.82) is 0 Å². The van der Waals surface area contributed by atoms with Gasteiger partial charge in [0.25, 0.3) is 0 Å². The SMILES string of the molecule is Cc1nc(-c2c(F)cc(Cl)cc2-c2ccc3c(c2)OCCC3NC(=O)O)no1.O=C(NC1CC1)C(F)(F)F. The summed E-state index contributed by atoms with van der Waals surface area (Å²) in [5.41, 5.74) is 1.99. The summed E-state index contributed by atoms with van der Waals surface area (Å²) in [6, 6.07) is 7.45. The molecule has 1 atom stereocenters. The largest absolute Gasteiger partial charge is 0.493 e. The molecular formula is C24H21ClF4N4O5. The average molecular weight is 557 g/mol. The first-order chi connectivity index (χ1) is 17.9. The second kappa shape index (κ2) is 10.9. The van der Waals surface area contributed by atoms with E-state index < -0.39 is 24.0 Å². The number of nitrogens with one attached hydrogen (secondary N) is 2. The van der Waals surface area contributed by atoms with Crippen LogP contribution < -0.4 is 15.4 Å². The summed E-state index contributed by atoms with van der Waals surface area (Å²) in [5.74, 6) is -1.45. The number of hydrogen-bond donors (Lipinski definition) is 3. The fraction of sp³-hybridized carbons (Fsp3) is 0.333. The monoisotopic (exact) mass is 556 g/mol. The number of amides is 2. The maximum Gasteiger partial charge on any atom is 0.471 e. The molecule has 3 N–H and O–H groups in total. The van der Waals surface area contributed by atoms with Crippen LogP contribution in [0.5, 0.6) is 5.75 Å². The fourth-order valence-electron chi connectivity index (χ4n) is 3.78. The third-order valence-electron chi connectivity index (χ3n) is 5.64. The third-order valence-corrected chi connectivity index (χ3v) is 5.86. The van der Waals surface area contributed by atoms with Crippen LogP contribution in [0.2, 0.25) is 5.02 Å². The first-order valence-electron chi connectivity index (χ1n) is 11.4. The Morgan fingerprint density at radius 3 is 2.47 bits per heavy atom. The Balaban J connectivity index is 0.000000283. The minimum atomic E-state index is -4.72. The lowest BCUT2D eigenvalue weighted by Gasteiger charge is -2.26. The van der Waals surface area contributed by atoms with Crippen molar-refractivity contribution in [2.24, 2.45) is 0 Å². The number of aryl methyl sites for hydroxylation is 1. The molecule has 1 aliphatic heterocycles. The van der Waals surface area contributed by atoms with Gasteiger partial charge >= 0.3 is 18.2 Å². The summed E-state index contributed by atoms with van der Waals surface area (Å²) < 4.78 is 59.7. The quantitative estimate of drug-likeness (QED) is 0.366. The molecule has 0 spiro atoms. The van der Waals surface area contributed by atoms with E-state index in [-0.39, 0.29) is 28.5 Å². The van der Waals surface area contributed by atoms with Gasteiger partial charge in [-0.2, -0.15) is 18.2 Å². The summed E-state index contributed by atoms with van der Waals surface area (Å²) in [4.78, 5) is 25.2. The lowest BCUT2D eigenvalue weighted by atomic mass is 9.94. The molecule has 2 aliphatic rings. The molecule has 38 heavy (non-hydrogen) atoms. The van der Waals surface area contributed by atoms with Crippen LogP contribution in [0, 0.1) is 12.7 Å². The summed E-state index contributed by atoms with van der Waals surface area (Å²) >= 11 is 6.08. The van der Waals surface area contributed by atoms with Crippen LogP contribution in [-0.2, 0) is 4.79 Å². The van der Waals surface area contributed by atoms with Gasteiger partial charge in [0.05, 0.1) is 18.2 Å². The van der Waals surface area contributed by atoms with E-state index in [1.54, 1.807) is 31.2 Å². The number of ether oxygens (including phenoxy) is 1. The molecule has 2 aromatic carbocycles. The first kappa shape index (κ1) is 27.2. The van der Waals surface area contributed by atoms with E-state index in [1.165, 1.54) is 6.07 Å².